The lowest BCUT2D eigenvalue weighted by Gasteiger charge is -2.22. The maximum absolute atomic E-state index is 4.83. The molecule has 1 aliphatic rings. The first-order chi connectivity index (χ1) is 13.2. The molecule has 0 spiro atoms. The summed E-state index contributed by atoms with van der Waals surface area (Å²) in [6, 6.07) is 8.71. The van der Waals surface area contributed by atoms with Crippen molar-refractivity contribution in [2.24, 2.45) is 4.99 Å². The number of fused-ring (bicyclic) bond motifs is 1. The van der Waals surface area contributed by atoms with Gasteiger partial charge >= 0.3 is 0 Å². The van der Waals surface area contributed by atoms with E-state index in [-0.39, 0.29) is 24.0 Å². The highest BCUT2D eigenvalue weighted by Gasteiger charge is 2.15. The van der Waals surface area contributed by atoms with Crippen molar-refractivity contribution in [1.29, 1.82) is 0 Å². The van der Waals surface area contributed by atoms with Crippen molar-refractivity contribution in [2.75, 3.05) is 19.8 Å². The molecule has 2 aromatic rings. The van der Waals surface area contributed by atoms with E-state index in [1.807, 2.05) is 0 Å². The van der Waals surface area contributed by atoms with Crippen LogP contribution in [0.25, 0.3) is 0 Å². The van der Waals surface area contributed by atoms with Gasteiger partial charge in [0.2, 0.25) is 0 Å². The minimum absolute atomic E-state index is 0. The molecule has 0 aliphatic carbocycles. The molecule has 3 rings (SSSR count). The zero-order valence-electron chi connectivity index (χ0n) is 17.0. The monoisotopic (exact) mass is 514 g/mol. The van der Waals surface area contributed by atoms with Crippen molar-refractivity contribution >= 4 is 41.7 Å². The molecule has 28 heavy (non-hydrogen) atoms. The molecule has 6 nitrogen and oxygen atoms in total. The number of nitrogens with zero attached hydrogens (tertiary/aromatic N) is 5. The summed E-state index contributed by atoms with van der Waals surface area (Å²) in [4.78, 5) is 8.28. The zero-order valence-corrected chi connectivity index (χ0v) is 20.2. The third kappa shape index (κ3) is 6.10. The lowest BCUT2D eigenvalue weighted by Crippen LogP contribution is -2.38. The second-order valence-corrected chi connectivity index (χ2v) is 7.75. The van der Waals surface area contributed by atoms with E-state index in [1.165, 1.54) is 29.7 Å². The Bertz CT molecular complexity index is 759. The van der Waals surface area contributed by atoms with E-state index in [2.05, 4.69) is 69.5 Å². The SMILES string of the molecule is CCNC(=NCc1nnc2n1CCCCC2)N(C)Cc1ccc(SC)cc1.I. The van der Waals surface area contributed by atoms with Crippen LogP contribution in [0.5, 0.6) is 0 Å². The van der Waals surface area contributed by atoms with Gasteiger partial charge in [-0.3, -0.25) is 0 Å². The zero-order chi connectivity index (χ0) is 19.1. The molecule has 1 N–H and O–H groups in total. The lowest BCUT2D eigenvalue weighted by molar-refractivity contribution is 0.475. The normalized spacial score (nSPS) is 14.0. The number of rotatable bonds is 6. The van der Waals surface area contributed by atoms with E-state index < -0.39 is 0 Å². The van der Waals surface area contributed by atoms with Gasteiger partial charge in [-0.15, -0.1) is 45.9 Å². The number of thioether (sulfide) groups is 1. The second-order valence-electron chi connectivity index (χ2n) is 6.87. The van der Waals surface area contributed by atoms with Crippen molar-refractivity contribution < 1.29 is 0 Å². The molecule has 0 bridgehead atoms. The Balaban J connectivity index is 0.00000280. The van der Waals surface area contributed by atoms with E-state index in [9.17, 15) is 0 Å². The Morgan fingerprint density at radius 3 is 2.71 bits per heavy atom. The quantitative estimate of drug-likeness (QED) is 0.274. The van der Waals surface area contributed by atoms with Crippen LogP contribution in [0.1, 0.15) is 43.4 Å². The smallest absolute Gasteiger partial charge is 0.194 e. The summed E-state index contributed by atoms with van der Waals surface area (Å²) in [5.41, 5.74) is 1.28. The van der Waals surface area contributed by atoms with E-state index in [0.29, 0.717) is 6.54 Å². The molecule has 154 valence electrons. The van der Waals surface area contributed by atoms with Crippen LogP contribution in [0.15, 0.2) is 34.2 Å². The molecule has 0 amide bonds. The number of hydrogen-bond acceptors (Lipinski definition) is 4. The Morgan fingerprint density at radius 1 is 1.21 bits per heavy atom. The van der Waals surface area contributed by atoms with Gasteiger partial charge < -0.3 is 14.8 Å². The van der Waals surface area contributed by atoms with E-state index in [4.69, 9.17) is 4.99 Å². The molecule has 0 saturated heterocycles. The minimum atomic E-state index is 0. The number of guanidine groups is 1. The first-order valence-electron chi connectivity index (χ1n) is 9.74. The third-order valence-electron chi connectivity index (χ3n) is 4.83. The lowest BCUT2D eigenvalue weighted by atomic mass is 10.2. The van der Waals surface area contributed by atoms with Gasteiger partial charge in [0.15, 0.2) is 11.8 Å². The Labute approximate surface area is 189 Å². The molecule has 1 aliphatic heterocycles. The first-order valence-corrected chi connectivity index (χ1v) is 11.0. The van der Waals surface area contributed by atoms with Crippen LogP contribution in [0.3, 0.4) is 0 Å². The largest absolute Gasteiger partial charge is 0.357 e. The van der Waals surface area contributed by atoms with Crippen LogP contribution in [-0.4, -0.2) is 45.5 Å². The van der Waals surface area contributed by atoms with Crippen molar-refractivity contribution in [1.82, 2.24) is 25.0 Å². The molecule has 2 heterocycles. The fourth-order valence-electron chi connectivity index (χ4n) is 3.36. The standard InChI is InChI=1S/C20H30N6S.HI/c1-4-21-20(25(2)15-16-9-11-17(27-3)12-10-16)22-14-19-24-23-18-8-6-5-7-13-26(18)19;/h9-12H,4-8,13-15H2,1-3H3,(H,21,22);1H. The van der Waals surface area contributed by atoms with Gasteiger partial charge in [-0.2, -0.15) is 0 Å². The van der Waals surface area contributed by atoms with Gasteiger partial charge in [0, 0.05) is 38.0 Å². The number of halogens is 1. The second kappa shape index (κ2) is 11.6. The van der Waals surface area contributed by atoms with Crippen LogP contribution in [0.2, 0.25) is 0 Å². The van der Waals surface area contributed by atoms with Gasteiger partial charge in [0.05, 0.1) is 0 Å². The highest BCUT2D eigenvalue weighted by Crippen LogP contribution is 2.16. The summed E-state index contributed by atoms with van der Waals surface area (Å²) >= 11 is 1.77. The van der Waals surface area contributed by atoms with Gasteiger partial charge in [-0.1, -0.05) is 18.6 Å². The first kappa shape index (κ1) is 23.0. The predicted molar refractivity (Wildman–Crippen MR) is 127 cm³/mol. The van der Waals surface area contributed by atoms with E-state index in [1.54, 1.807) is 11.8 Å². The average molecular weight is 514 g/mol. The fourth-order valence-corrected chi connectivity index (χ4v) is 3.77. The molecule has 0 fully saturated rings. The predicted octanol–water partition coefficient (Wildman–Crippen LogP) is 3.94. The van der Waals surface area contributed by atoms with Crippen LogP contribution < -0.4 is 5.32 Å². The summed E-state index contributed by atoms with van der Waals surface area (Å²) in [6.07, 6.45) is 6.81. The van der Waals surface area contributed by atoms with Crippen LogP contribution >= 0.6 is 35.7 Å². The van der Waals surface area contributed by atoms with E-state index in [0.717, 1.165) is 43.7 Å². The van der Waals surface area contributed by atoms with Gasteiger partial charge in [0.25, 0.3) is 0 Å². The average Bonchev–Trinajstić information content (AvgIpc) is 2.92. The number of aliphatic imine (C=N–C) groups is 1. The fraction of sp³-hybridized carbons (Fsp3) is 0.550. The minimum Gasteiger partial charge on any atom is -0.357 e. The Kier molecular flexibility index (Phi) is 9.57. The van der Waals surface area contributed by atoms with Gasteiger partial charge in [0.1, 0.15) is 12.4 Å². The molecular formula is C20H31IN6S. The highest BCUT2D eigenvalue weighted by atomic mass is 127. The highest BCUT2D eigenvalue weighted by molar-refractivity contribution is 14.0. The summed E-state index contributed by atoms with van der Waals surface area (Å²) in [7, 11) is 2.08. The number of nitrogens with one attached hydrogen (secondary N) is 1. The van der Waals surface area contributed by atoms with Crippen molar-refractivity contribution in [3.8, 4) is 0 Å². The number of aryl methyl sites for hydroxylation is 1. The summed E-state index contributed by atoms with van der Waals surface area (Å²) in [5, 5.41) is 12.2. The van der Waals surface area contributed by atoms with E-state index >= 15 is 0 Å². The van der Waals surface area contributed by atoms with Gasteiger partial charge in [-0.05, 0) is 43.7 Å². The molecule has 0 unspecified atom stereocenters. The topological polar surface area (TPSA) is 58.3 Å². The Morgan fingerprint density at radius 2 is 2.00 bits per heavy atom. The Hall–Kier alpha value is -1.29. The maximum Gasteiger partial charge on any atom is 0.194 e. The molecule has 1 aromatic heterocycles. The van der Waals surface area contributed by atoms with Crippen molar-refractivity contribution in [3.63, 3.8) is 0 Å². The maximum atomic E-state index is 4.83. The van der Waals surface area contributed by atoms with Crippen LogP contribution in [0.4, 0.5) is 0 Å². The number of benzene rings is 1. The number of hydrogen-bond donors (Lipinski definition) is 1. The molecule has 8 heteroatoms. The van der Waals surface area contributed by atoms with Crippen molar-refractivity contribution in [2.45, 2.75) is 57.1 Å². The third-order valence-corrected chi connectivity index (χ3v) is 5.58. The van der Waals surface area contributed by atoms with Crippen LogP contribution in [0, 0.1) is 0 Å². The van der Waals surface area contributed by atoms with Crippen LogP contribution in [-0.2, 0) is 26.1 Å². The summed E-state index contributed by atoms with van der Waals surface area (Å²) < 4.78 is 2.27. The molecule has 0 atom stereocenters. The molecule has 0 radical (unpaired) electrons. The summed E-state index contributed by atoms with van der Waals surface area (Å²) in [6.45, 7) is 5.33. The molecular weight excluding hydrogens is 483 g/mol. The molecule has 1 aromatic carbocycles. The van der Waals surface area contributed by atoms with Gasteiger partial charge in [-0.25, -0.2) is 4.99 Å². The number of aromatic nitrogens is 3. The van der Waals surface area contributed by atoms with Crippen molar-refractivity contribution in [3.05, 3.63) is 41.5 Å². The summed E-state index contributed by atoms with van der Waals surface area (Å²) in [5.74, 6) is 2.99. The molecule has 0 saturated carbocycles.